The van der Waals surface area contributed by atoms with Crippen molar-refractivity contribution < 1.29 is 51.4 Å². The van der Waals surface area contributed by atoms with Crippen molar-refractivity contribution in [3.63, 3.8) is 0 Å². The van der Waals surface area contributed by atoms with Crippen LogP contribution in [0.15, 0.2) is 0 Å². The molecule has 0 heterocycles. The summed E-state index contributed by atoms with van der Waals surface area (Å²) in [6.07, 6.45) is 2.00. The van der Waals surface area contributed by atoms with Crippen LogP contribution < -0.4 is 15.3 Å². The van der Waals surface area contributed by atoms with E-state index in [0.29, 0.717) is 0 Å². The molecule has 0 fully saturated rings. The first-order chi connectivity index (χ1) is 6.61. The van der Waals surface area contributed by atoms with Crippen LogP contribution in [0, 0.1) is 6.42 Å². The first-order valence-corrected chi connectivity index (χ1v) is 3.88. The molecular weight excluding hydrogens is 252 g/mol. The fraction of sp³-hybridized carbons (Fsp3) is 0.556. The molecule has 0 aromatic carbocycles. The second-order valence-corrected chi connectivity index (χ2v) is 2.05. The van der Waals surface area contributed by atoms with Crippen molar-refractivity contribution in [2.75, 3.05) is 0 Å². The predicted octanol–water partition coefficient (Wildman–Crippen LogP) is -2.50. The zero-order valence-corrected chi connectivity index (χ0v) is 11.6. The monoisotopic (exact) mass is 268 g/mol. The normalized spacial score (nSPS) is 5.81. The third-order valence-electron chi connectivity index (χ3n) is 0. The molecule has 0 bridgehead atoms. The van der Waals surface area contributed by atoms with Gasteiger partial charge in [-0.3, -0.25) is 0 Å². The quantitative estimate of drug-likeness (QED) is 0.353. The number of carboxylic acid groups (broad SMARTS) is 3. The molecule has 0 saturated carbocycles. The Morgan fingerprint density at radius 3 is 0.750 bits per heavy atom. The number of carboxylic acids is 3. The van der Waals surface area contributed by atoms with E-state index in [1.807, 2.05) is 20.3 Å². The molecular formula is C9H16O6Ti. The minimum atomic E-state index is -1.08. The molecule has 16 heavy (non-hydrogen) atoms. The van der Waals surface area contributed by atoms with Gasteiger partial charge in [0.1, 0.15) is 0 Å². The Labute approximate surface area is 111 Å². The van der Waals surface area contributed by atoms with E-state index in [2.05, 4.69) is 0 Å². The maximum atomic E-state index is 8.89. The van der Waals surface area contributed by atoms with E-state index in [4.69, 9.17) is 29.7 Å². The molecule has 92 valence electrons. The molecule has 0 atom stereocenters. The standard InChI is InChI=1S/C3H7.3C2H4O2.Ti/c1-3-2;3*1-2(3)4;/h3H,1-2H3;3*1H3,(H,3,4);/q-1;;;;+4/p-3. The van der Waals surface area contributed by atoms with Crippen molar-refractivity contribution in [3.05, 3.63) is 6.42 Å². The molecule has 0 radical (unpaired) electrons. The van der Waals surface area contributed by atoms with Crippen LogP contribution in [-0.4, -0.2) is 17.9 Å². The van der Waals surface area contributed by atoms with Gasteiger partial charge in [0.2, 0.25) is 0 Å². The number of hydrogen-bond donors (Lipinski definition) is 0. The zero-order chi connectivity index (χ0) is 13.4. The molecule has 0 aliphatic heterocycles. The summed E-state index contributed by atoms with van der Waals surface area (Å²) in [5.74, 6) is -3.25. The summed E-state index contributed by atoms with van der Waals surface area (Å²) < 4.78 is 0. The molecule has 0 unspecified atom stereocenters. The SMILES string of the molecule is CC(=O)[O-].CC(=O)[O-].CC(=O)[O-].C[CH-]C.[Ti+4]. The average molecular weight is 268 g/mol. The minimum absolute atomic E-state index is 0. The Morgan fingerprint density at radius 2 is 0.750 bits per heavy atom. The molecule has 0 spiro atoms. The molecule has 0 aromatic rings. The number of carbonyl (C=O) groups excluding carboxylic acids is 3. The van der Waals surface area contributed by atoms with Gasteiger partial charge in [-0.05, 0) is 20.8 Å². The number of aliphatic carboxylic acids is 3. The molecule has 0 rings (SSSR count). The smallest absolute Gasteiger partial charge is 0.550 e. The van der Waals surface area contributed by atoms with Crippen LogP contribution in [0.4, 0.5) is 0 Å². The summed E-state index contributed by atoms with van der Waals surface area (Å²) >= 11 is 0. The Hall–Kier alpha value is -0.876. The van der Waals surface area contributed by atoms with E-state index in [9.17, 15) is 0 Å². The molecule has 0 aromatic heterocycles. The molecule has 0 aliphatic rings. The largest absolute Gasteiger partial charge is 4.00 e. The van der Waals surface area contributed by atoms with Crippen molar-refractivity contribution in [1.29, 1.82) is 0 Å². The summed E-state index contributed by atoms with van der Waals surface area (Å²) in [6, 6.07) is 0. The van der Waals surface area contributed by atoms with Gasteiger partial charge in [0.05, 0.1) is 0 Å². The fourth-order valence-corrected chi connectivity index (χ4v) is 0. The Kier molecular flexibility index (Phi) is 53.8. The van der Waals surface area contributed by atoms with Gasteiger partial charge in [0.25, 0.3) is 0 Å². The van der Waals surface area contributed by atoms with Crippen LogP contribution in [0.5, 0.6) is 0 Å². The summed E-state index contributed by atoms with van der Waals surface area (Å²) in [6.45, 7) is 6.92. The Bertz CT molecular complexity index is 129. The van der Waals surface area contributed by atoms with Crippen molar-refractivity contribution >= 4 is 17.9 Å². The van der Waals surface area contributed by atoms with Crippen LogP contribution >= 0.6 is 0 Å². The third kappa shape index (κ3) is 2520. The molecule has 0 aliphatic carbocycles. The average Bonchev–Trinajstić information content (AvgIpc) is 1.81. The topological polar surface area (TPSA) is 120 Å². The van der Waals surface area contributed by atoms with E-state index >= 15 is 0 Å². The Morgan fingerprint density at radius 1 is 0.750 bits per heavy atom. The molecule has 0 amide bonds. The molecule has 6 nitrogen and oxygen atoms in total. The molecule has 0 N–H and O–H groups in total. The van der Waals surface area contributed by atoms with E-state index in [0.717, 1.165) is 20.8 Å². The van der Waals surface area contributed by atoms with Crippen molar-refractivity contribution in [3.8, 4) is 0 Å². The van der Waals surface area contributed by atoms with Gasteiger partial charge < -0.3 is 36.1 Å². The van der Waals surface area contributed by atoms with Gasteiger partial charge in [-0.15, -0.1) is 0 Å². The minimum Gasteiger partial charge on any atom is -0.550 e. The Balaban J connectivity index is -0.0000000331. The fourth-order valence-electron chi connectivity index (χ4n) is 0. The number of hydrogen-bond acceptors (Lipinski definition) is 6. The second-order valence-electron chi connectivity index (χ2n) is 2.05. The van der Waals surface area contributed by atoms with Gasteiger partial charge in [-0.25, -0.2) is 0 Å². The predicted molar refractivity (Wildman–Crippen MR) is 47.7 cm³/mol. The summed E-state index contributed by atoms with van der Waals surface area (Å²) in [5.41, 5.74) is 0. The van der Waals surface area contributed by atoms with Gasteiger partial charge in [0, 0.05) is 17.9 Å². The summed E-state index contributed by atoms with van der Waals surface area (Å²) in [5, 5.41) is 26.7. The molecule has 0 saturated heterocycles. The number of rotatable bonds is 0. The first-order valence-electron chi connectivity index (χ1n) is 3.88. The van der Waals surface area contributed by atoms with Crippen molar-refractivity contribution in [1.82, 2.24) is 0 Å². The first kappa shape index (κ1) is 29.4. The van der Waals surface area contributed by atoms with Gasteiger partial charge >= 0.3 is 21.7 Å². The van der Waals surface area contributed by atoms with E-state index in [-0.39, 0.29) is 21.7 Å². The van der Waals surface area contributed by atoms with E-state index in [1.165, 1.54) is 0 Å². The summed E-state index contributed by atoms with van der Waals surface area (Å²) in [7, 11) is 0. The zero-order valence-electron chi connectivity index (χ0n) is 10.0. The van der Waals surface area contributed by atoms with Crippen LogP contribution in [0.1, 0.15) is 34.6 Å². The van der Waals surface area contributed by atoms with Gasteiger partial charge in [-0.2, -0.15) is 13.8 Å². The van der Waals surface area contributed by atoms with Crippen LogP contribution in [0.2, 0.25) is 0 Å². The van der Waals surface area contributed by atoms with Crippen LogP contribution in [0.3, 0.4) is 0 Å². The van der Waals surface area contributed by atoms with Crippen LogP contribution in [0.25, 0.3) is 0 Å². The second kappa shape index (κ2) is 29.2. The number of carbonyl (C=O) groups is 3. The summed E-state index contributed by atoms with van der Waals surface area (Å²) in [4.78, 5) is 26.7. The van der Waals surface area contributed by atoms with E-state index < -0.39 is 17.9 Å². The molecule has 7 heteroatoms. The van der Waals surface area contributed by atoms with Crippen LogP contribution in [-0.2, 0) is 36.1 Å². The van der Waals surface area contributed by atoms with Crippen molar-refractivity contribution in [2.24, 2.45) is 0 Å². The maximum absolute atomic E-state index is 8.89. The third-order valence-corrected chi connectivity index (χ3v) is 0. The van der Waals surface area contributed by atoms with Crippen molar-refractivity contribution in [2.45, 2.75) is 34.6 Å². The maximum Gasteiger partial charge on any atom is 4.00 e. The van der Waals surface area contributed by atoms with Gasteiger partial charge in [0.15, 0.2) is 0 Å². The van der Waals surface area contributed by atoms with E-state index in [1.54, 1.807) is 0 Å². The van der Waals surface area contributed by atoms with Gasteiger partial charge in [-0.1, -0.05) is 0 Å².